The molecule has 0 unspecified atom stereocenters. The lowest BCUT2D eigenvalue weighted by Gasteiger charge is -2.21. The second-order valence-corrected chi connectivity index (χ2v) is 4.64. The fraction of sp³-hybridized carbons (Fsp3) is 0.312. The van der Waals surface area contributed by atoms with Gasteiger partial charge in [-0.05, 0) is 50.2 Å². The number of hydrogen-bond donors (Lipinski definition) is 2. The SMILES string of the molecule is CCN(CC)c1ccc(NCc2ccc(C(=O)O)o2)cc1. The van der Waals surface area contributed by atoms with E-state index in [1.54, 1.807) is 6.07 Å². The molecule has 21 heavy (non-hydrogen) atoms. The van der Waals surface area contributed by atoms with Gasteiger partial charge in [0.25, 0.3) is 0 Å². The lowest BCUT2D eigenvalue weighted by Crippen LogP contribution is -2.21. The Morgan fingerprint density at radius 1 is 1.14 bits per heavy atom. The van der Waals surface area contributed by atoms with Crippen molar-refractivity contribution in [3.8, 4) is 0 Å². The molecular formula is C16H20N2O3. The van der Waals surface area contributed by atoms with Gasteiger partial charge in [0.15, 0.2) is 0 Å². The predicted molar refractivity (Wildman–Crippen MR) is 83.0 cm³/mol. The Morgan fingerprint density at radius 2 is 1.81 bits per heavy atom. The molecule has 0 saturated heterocycles. The zero-order valence-corrected chi connectivity index (χ0v) is 12.3. The summed E-state index contributed by atoms with van der Waals surface area (Å²) in [6, 6.07) is 11.3. The van der Waals surface area contributed by atoms with Crippen LogP contribution in [0.1, 0.15) is 30.2 Å². The molecule has 0 fully saturated rings. The zero-order valence-electron chi connectivity index (χ0n) is 12.3. The van der Waals surface area contributed by atoms with Crippen molar-refractivity contribution in [1.29, 1.82) is 0 Å². The van der Waals surface area contributed by atoms with Crippen molar-refractivity contribution in [2.75, 3.05) is 23.3 Å². The molecule has 0 radical (unpaired) electrons. The average molecular weight is 288 g/mol. The second kappa shape index (κ2) is 6.83. The van der Waals surface area contributed by atoms with Crippen molar-refractivity contribution in [3.63, 3.8) is 0 Å². The Bertz CT molecular complexity index is 586. The van der Waals surface area contributed by atoms with Gasteiger partial charge in [0, 0.05) is 24.5 Å². The molecule has 5 heteroatoms. The van der Waals surface area contributed by atoms with Crippen LogP contribution in [0.4, 0.5) is 11.4 Å². The molecule has 0 saturated carbocycles. The van der Waals surface area contributed by atoms with Crippen LogP contribution < -0.4 is 10.2 Å². The van der Waals surface area contributed by atoms with Gasteiger partial charge in [-0.15, -0.1) is 0 Å². The van der Waals surface area contributed by atoms with Crippen LogP contribution in [0.5, 0.6) is 0 Å². The van der Waals surface area contributed by atoms with Crippen LogP contribution in [-0.2, 0) is 6.54 Å². The lowest BCUT2D eigenvalue weighted by molar-refractivity contribution is 0.0660. The predicted octanol–water partition coefficient (Wildman–Crippen LogP) is 3.44. The normalized spacial score (nSPS) is 10.4. The van der Waals surface area contributed by atoms with Crippen molar-refractivity contribution in [2.24, 2.45) is 0 Å². The van der Waals surface area contributed by atoms with Gasteiger partial charge in [0.2, 0.25) is 5.76 Å². The number of hydrogen-bond acceptors (Lipinski definition) is 4. The Hall–Kier alpha value is -2.43. The van der Waals surface area contributed by atoms with Crippen LogP contribution in [0.2, 0.25) is 0 Å². The van der Waals surface area contributed by atoms with E-state index in [0.717, 1.165) is 18.8 Å². The molecule has 0 atom stereocenters. The third-order valence-corrected chi connectivity index (χ3v) is 3.34. The van der Waals surface area contributed by atoms with Crippen LogP contribution in [0, 0.1) is 0 Å². The quantitative estimate of drug-likeness (QED) is 0.817. The number of furan rings is 1. The fourth-order valence-corrected chi connectivity index (χ4v) is 2.16. The van der Waals surface area contributed by atoms with Gasteiger partial charge in [-0.3, -0.25) is 0 Å². The first-order valence-electron chi connectivity index (χ1n) is 7.05. The molecule has 1 aromatic heterocycles. The molecule has 1 heterocycles. The first-order chi connectivity index (χ1) is 10.1. The topological polar surface area (TPSA) is 65.7 Å². The highest BCUT2D eigenvalue weighted by Gasteiger charge is 2.08. The lowest BCUT2D eigenvalue weighted by atomic mass is 10.2. The minimum Gasteiger partial charge on any atom is -0.475 e. The van der Waals surface area contributed by atoms with Crippen molar-refractivity contribution in [2.45, 2.75) is 20.4 Å². The maximum atomic E-state index is 10.7. The van der Waals surface area contributed by atoms with Crippen LogP contribution >= 0.6 is 0 Å². The third kappa shape index (κ3) is 3.78. The van der Waals surface area contributed by atoms with E-state index < -0.39 is 5.97 Å². The van der Waals surface area contributed by atoms with Crippen LogP contribution in [0.15, 0.2) is 40.8 Å². The molecule has 0 aliphatic carbocycles. The van der Waals surface area contributed by atoms with Gasteiger partial charge in [-0.2, -0.15) is 0 Å². The number of anilines is 2. The summed E-state index contributed by atoms with van der Waals surface area (Å²) in [5, 5.41) is 12.0. The summed E-state index contributed by atoms with van der Waals surface area (Å²) in [7, 11) is 0. The molecule has 2 N–H and O–H groups in total. The number of carboxylic acids is 1. The number of carbonyl (C=O) groups is 1. The maximum Gasteiger partial charge on any atom is 0.371 e. The van der Waals surface area contributed by atoms with Gasteiger partial charge in [0.05, 0.1) is 6.54 Å². The number of nitrogens with one attached hydrogen (secondary N) is 1. The van der Waals surface area contributed by atoms with Crippen molar-refractivity contribution in [1.82, 2.24) is 0 Å². The largest absolute Gasteiger partial charge is 0.475 e. The Labute approximate surface area is 124 Å². The number of aromatic carboxylic acids is 1. The highest BCUT2D eigenvalue weighted by Crippen LogP contribution is 2.18. The summed E-state index contributed by atoms with van der Waals surface area (Å²) in [5.74, 6) is -0.492. The molecule has 0 aliphatic heterocycles. The van der Waals surface area contributed by atoms with Crippen LogP contribution in [-0.4, -0.2) is 24.2 Å². The molecule has 112 valence electrons. The number of carboxylic acid groups (broad SMARTS) is 1. The van der Waals surface area contributed by atoms with E-state index in [0.29, 0.717) is 12.3 Å². The molecule has 2 aromatic rings. The maximum absolute atomic E-state index is 10.7. The van der Waals surface area contributed by atoms with E-state index in [1.165, 1.54) is 11.8 Å². The molecule has 0 amide bonds. The first-order valence-corrected chi connectivity index (χ1v) is 7.05. The minimum atomic E-state index is -1.05. The molecule has 5 nitrogen and oxygen atoms in total. The number of benzene rings is 1. The molecular weight excluding hydrogens is 268 g/mol. The molecule has 1 aromatic carbocycles. The Balaban J connectivity index is 1.95. The number of rotatable bonds is 7. The first kappa shape index (κ1) is 15.0. The minimum absolute atomic E-state index is 0.0383. The van der Waals surface area contributed by atoms with Crippen molar-refractivity contribution >= 4 is 17.3 Å². The van der Waals surface area contributed by atoms with E-state index in [1.807, 2.05) is 12.1 Å². The average Bonchev–Trinajstić information content (AvgIpc) is 2.97. The monoisotopic (exact) mass is 288 g/mol. The van der Waals surface area contributed by atoms with Crippen molar-refractivity contribution in [3.05, 3.63) is 47.9 Å². The van der Waals surface area contributed by atoms with Gasteiger partial charge in [-0.25, -0.2) is 4.79 Å². The van der Waals surface area contributed by atoms with Gasteiger partial charge >= 0.3 is 5.97 Å². The van der Waals surface area contributed by atoms with Crippen LogP contribution in [0.3, 0.4) is 0 Å². The van der Waals surface area contributed by atoms with Gasteiger partial charge in [-0.1, -0.05) is 0 Å². The van der Waals surface area contributed by atoms with Crippen LogP contribution in [0.25, 0.3) is 0 Å². The molecule has 0 spiro atoms. The highest BCUT2D eigenvalue weighted by atomic mass is 16.4. The smallest absolute Gasteiger partial charge is 0.371 e. The summed E-state index contributed by atoms with van der Waals surface area (Å²) in [5.41, 5.74) is 2.16. The second-order valence-electron chi connectivity index (χ2n) is 4.64. The van der Waals surface area contributed by atoms with E-state index in [9.17, 15) is 4.79 Å². The Kier molecular flexibility index (Phi) is 4.87. The van der Waals surface area contributed by atoms with E-state index >= 15 is 0 Å². The van der Waals surface area contributed by atoms with Gasteiger partial charge < -0.3 is 19.7 Å². The summed E-state index contributed by atoms with van der Waals surface area (Å²) in [6.07, 6.45) is 0. The molecule has 0 bridgehead atoms. The van der Waals surface area contributed by atoms with E-state index in [-0.39, 0.29) is 5.76 Å². The van der Waals surface area contributed by atoms with Crippen molar-refractivity contribution < 1.29 is 14.3 Å². The summed E-state index contributed by atoms with van der Waals surface area (Å²) < 4.78 is 5.19. The summed E-state index contributed by atoms with van der Waals surface area (Å²) >= 11 is 0. The highest BCUT2D eigenvalue weighted by molar-refractivity contribution is 5.84. The van der Waals surface area contributed by atoms with E-state index in [2.05, 4.69) is 36.2 Å². The van der Waals surface area contributed by atoms with Gasteiger partial charge in [0.1, 0.15) is 5.76 Å². The number of nitrogens with zero attached hydrogens (tertiary/aromatic N) is 1. The molecule has 0 aliphatic rings. The fourth-order valence-electron chi connectivity index (χ4n) is 2.16. The third-order valence-electron chi connectivity index (χ3n) is 3.34. The molecule has 2 rings (SSSR count). The summed E-state index contributed by atoms with van der Waals surface area (Å²) in [6.45, 7) is 6.68. The zero-order chi connectivity index (χ0) is 15.2. The standard InChI is InChI=1S/C16H20N2O3/c1-3-18(4-2)13-7-5-12(6-8-13)17-11-14-9-10-15(21-14)16(19)20/h5-10,17H,3-4,11H2,1-2H3,(H,19,20). The van der Waals surface area contributed by atoms with E-state index in [4.69, 9.17) is 9.52 Å². The summed E-state index contributed by atoms with van der Waals surface area (Å²) in [4.78, 5) is 13.0. The Morgan fingerprint density at radius 3 is 2.33 bits per heavy atom.